The Morgan fingerprint density at radius 2 is 1.81 bits per heavy atom. The molecule has 0 aromatic heterocycles. The van der Waals surface area contributed by atoms with Gasteiger partial charge < -0.3 is 14.8 Å². The minimum absolute atomic E-state index is 0.671. The first-order chi connectivity index (χ1) is 10.3. The molecule has 2 atom stereocenters. The lowest BCUT2D eigenvalue weighted by Crippen LogP contribution is -2.34. The highest BCUT2D eigenvalue weighted by molar-refractivity contribution is 5.44. The zero-order valence-corrected chi connectivity index (χ0v) is 13.7. The molecule has 0 spiro atoms. The molecule has 0 radical (unpaired) electrons. The van der Waals surface area contributed by atoms with Crippen LogP contribution in [0.1, 0.15) is 51.5 Å². The summed E-state index contributed by atoms with van der Waals surface area (Å²) in [6.07, 6.45) is 3.82. The summed E-state index contributed by atoms with van der Waals surface area (Å²) >= 11 is 0. The maximum Gasteiger partial charge on any atom is 0.161 e. The van der Waals surface area contributed by atoms with Crippen molar-refractivity contribution in [3.8, 4) is 11.5 Å². The van der Waals surface area contributed by atoms with E-state index in [1.807, 2.05) is 13.8 Å². The van der Waals surface area contributed by atoms with Crippen LogP contribution < -0.4 is 14.8 Å². The molecule has 1 N–H and O–H groups in total. The van der Waals surface area contributed by atoms with Gasteiger partial charge in [-0.2, -0.15) is 0 Å². The molecule has 0 amide bonds. The minimum Gasteiger partial charge on any atom is -0.490 e. The van der Waals surface area contributed by atoms with Crippen molar-refractivity contribution in [3.05, 3.63) is 23.8 Å². The second kappa shape index (κ2) is 8.28. The van der Waals surface area contributed by atoms with Gasteiger partial charge in [0.05, 0.1) is 13.2 Å². The molecule has 2 unspecified atom stereocenters. The predicted molar refractivity (Wildman–Crippen MR) is 87.4 cm³/mol. The first kappa shape index (κ1) is 16.2. The van der Waals surface area contributed by atoms with E-state index in [4.69, 9.17) is 9.47 Å². The molecule has 0 bridgehead atoms. The van der Waals surface area contributed by atoms with E-state index >= 15 is 0 Å². The highest BCUT2D eigenvalue weighted by Crippen LogP contribution is 2.44. The summed E-state index contributed by atoms with van der Waals surface area (Å²) in [6, 6.07) is 6.47. The summed E-state index contributed by atoms with van der Waals surface area (Å²) in [5, 5.41) is 3.55. The van der Waals surface area contributed by atoms with E-state index in [9.17, 15) is 0 Å². The van der Waals surface area contributed by atoms with Crippen LogP contribution in [0.4, 0.5) is 0 Å². The van der Waals surface area contributed by atoms with Crippen LogP contribution in [0.25, 0.3) is 0 Å². The Bertz CT molecular complexity index is 433. The Hall–Kier alpha value is -1.22. The molecule has 1 aromatic rings. The van der Waals surface area contributed by atoms with Crippen molar-refractivity contribution in [2.24, 2.45) is 5.92 Å². The molecule has 1 aliphatic rings. The third-order valence-corrected chi connectivity index (χ3v) is 4.25. The lowest BCUT2D eigenvalue weighted by molar-refractivity contribution is 0.244. The molecule has 3 nitrogen and oxygen atoms in total. The maximum atomic E-state index is 5.74. The van der Waals surface area contributed by atoms with E-state index in [1.165, 1.54) is 24.8 Å². The van der Waals surface area contributed by atoms with Gasteiger partial charge in [0.25, 0.3) is 0 Å². The van der Waals surface area contributed by atoms with Gasteiger partial charge in [0.2, 0.25) is 0 Å². The average Bonchev–Trinajstić information content (AvgIpc) is 2.45. The fourth-order valence-corrected chi connectivity index (χ4v) is 3.01. The van der Waals surface area contributed by atoms with Crippen LogP contribution in [0.3, 0.4) is 0 Å². The molecule has 2 rings (SSSR count). The van der Waals surface area contributed by atoms with Crippen LogP contribution in [0.15, 0.2) is 18.2 Å². The highest BCUT2D eigenvalue weighted by Gasteiger charge is 2.32. The Morgan fingerprint density at radius 3 is 2.43 bits per heavy atom. The van der Waals surface area contributed by atoms with Gasteiger partial charge >= 0.3 is 0 Å². The number of nitrogens with one attached hydrogen (secondary N) is 1. The molecule has 0 aliphatic heterocycles. The predicted octanol–water partition coefficient (Wildman–Crippen LogP) is 3.98. The van der Waals surface area contributed by atoms with Gasteiger partial charge in [-0.1, -0.05) is 13.0 Å². The van der Waals surface area contributed by atoms with E-state index in [0.717, 1.165) is 30.5 Å². The number of rotatable bonds is 9. The lowest BCUT2D eigenvalue weighted by atomic mass is 9.70. The number of hydrogen-bond donors (Lipinski definition) is 1. The van der Waals surface area contributed by atoms with E-state index < -0.39 is 0 Å². The van der Waals surface area contributed by atoms with Crippen molar-refractivity contribution < 1.29 is 9.47 Å². The summed E-state index contributed by atoms with van der Waals surface area (Å²) < 4.78 is 11.4. The second-order valence-electron chi connectivity index (χ2n) is 5.72. The standard InChI is InChI=1S/C18H29NO2/c1-4-11-19-13-15-7-9-16(15)14-8-10-17(20-5-2)18(12-14)21-6-3/h8,10,12,15-16,19H,4-7,9,11,13H2,1-3H3. The molecule has 0 saturated heterocycles. The van der Waals surface area contributed by atoms with Crippen molar-refractivity contribution in [2.45, 2.75) is 46.0 Å². The Kier molecular flexibility index (Phi) is 6.37. The van der Waals surface area contributed by atoms with E-state index in [2.05, 4.69) is 30.4 Å². The van der Waals surface area contributed by atoms with Crippen molar-refractivity contribution in [1.29, 1.82) is 0 Å². The number of ether oxygens (including phenoxy) is 2. The number of benzene rings is 1. The SMILES string of the molecule is CCCNCC1CCC1c1ccc(OCC)c(OCC)c1. The third kappa shape index (κ3) is 4.13. The molecule has 1 saturated carbocycles. The van der Waals surface area contributed by atoms with Crippen molar-refractivity contribution >= 4 is 0 Å². The van der Waals surface area contributed by atoms with Gasteiger partial charge in [-0.25, -0.2) is 0 Å². The van der Waals surface area contributed by atoms with Gasteiger partial charge in [0, 0.05) is 0 Å². The van der Waals surface area contributed by atoms with Crippen molar-refractivity contribution in [3.63, 3.8) is 0 Å². The van der Waals surface area contributed by atoms with Gasteiger partial charge in [-0.05, 0) is 75.7 Å². The molecule has 21 heavy (non-hydrogen) atoms. The minimum atomic E-state index is 0.671. The van der Waals surface area contributed by atoms with Gasteiger partial charge in [0.1, 0.15) is 0 Å². The largest absolute Gasteiger partial charge is 0.490 e. The fourth-order valence-electron chi connectivity index (χ4n) is 3.01. The lowest BCUT2D eigenvalue weighted by Gasteiger charge is -2.37. The van der Waals surface area contributed by atoms with Crippen LogP contribution in [-0.4, -0.2) is 26.3 Å². The van der Waals surface area contributed by atoms with Crippen LogP contribution >= 0.6 is 0 Å². The molecule has 118 valence electrons. The van der Waals surface area contributed by atoms with Crippen LogP contribution in [0.5, 0.6) is 11.5 Å². The van der Waals surface area contributed by atoms with Crippen molar-refractivity contribution in [1.82, 2.24) is 5.32 Å². The molecular weight excluding hydrogens is 262 g/mol. The summed E-state index contributed by atoms with van der Waals surface area (Å²) in [6.45, 7) is 9.84. The van der Waals surface area contributed by atoms with E-state index in [1.54, 1.807) is 0 Å². The van der Waals surface area contributed by atoms with Gasteiger partial charge in [0.15, 0.2) is 11.5 Å². The number of hydrogen-bond acceptors (Lipinski definition) is 3. The smallest absolute Gasteiger partial charge is 0.161 e. The topological polar surface area (TPSA) is 30.5 Å². The molecule has 1 aliphatic carbocycles. The van der Waals surface area contributed by atoms with E-state index in [-0.39, 0.29) is 0 Å². The normalized spacial score (nSPS) is 20.9. The van der Waals surface area contributed by atoms with Gasteiger partial charge in [-0.3, -0.25) is 0 Å². The molecule has 3 heteroatoms. The first-order valence-electron chi connectivity index (χ1n) is 8.40. The summed E-state index contributed by atoms with van der Waals surface area (Å²) in [5.41, 5.74) is 1.40. The Morgan fingerprint density at radius 1 is 1.05 bits per heavy atom. The summed E-state index contributed by atoms with van der Waals surface area (Å²) in [7, 11) is 0. The van der Waals surface area contributed by atoms with Crippen LogP contribution in [0.2, 0.25) is 0 Å². The summed E-state index contributed by atoms with van der Waals surface area (Å²) in [4.78, 5) is 0. The highest BCUT2D eigenvalue weighted by atomic mass is 16.5. The second-order valence-corrected chi connectivity index (χ2v) is 5.72. The molecular formula is C18H29NO2. The first-order valence-corrected chi connectivity index (χ1v) is 8.40. The third-order valence-electron chi connectivity index (χ3n) is 4.25. The molecule has 1 fully saturated rings. The molecule has 1 aromatic carbocycles. The summed E-state index contributed by atoms with van der Waals surface area (Å²) in [5.74, 6) is 3.19. The Balaban J connectivity index is 2.03. The quantitative estimate of drug-likeness (QED) is 0.698. The zero-order chi connectivity index (χ0) is 15.1. The monoisotopic (exact) mass is 291 g/mol. The van der Waals surface area contributed by atoms with Crippen LogP contribution in [0, 0.1) is 5.92 Å². The van der Waals surface area contributed by atoms with Crippen molar-refractivity contribution in [2.75, 3.05) is 26.3 Å². The maximum absolute atomic E-state index is 5.74. The fraction of sp³-hybridized carbons (Fsp3) is 0.667. The average molecular weight is 291 g/mol. The zero-order valence-electron chi connectivity index (χ0n) is 13.7. The van der Waals surface area contributed by atoms with Gasteiger partial charge in [-0.15, -0.1) is 0 Å². The van der Waals surface area contributed by atoms with Crippen LogP contribution in [-0.2, 0) is 0 Å². The Labute approximate surface area is 129 Å². The molecule has 0 heterocycles. The van der Waals surface area contributed by atoms with E-state index in [0.29, 0.717) is 19.1 Å².